The third-order valence-corrected chi connectivity index (χ3v) is 5.93. The maximum atomic E-state index is 13.3. The second kappa shape index (κ2) is 7.97. The molecule has 0 radical (unpaired) electrons. The number of aromatic amines is 1. The fourth-order valence-corrected chi connectivity index (χ4v) is 4.03. The van der Waals surface area contributed by atoms with Crippen LogP contribution in [0.25, 0.3) is 27.5 Å². The molecule has 0 saturated heterocycles. The molecule has 2 aromatic heterocycles. The molecule has 8 heteroatoms. The summed E-state index contributed by atoms with van der Waals surface area (Å²) in [5.41, 5.74) is 2.55. The molecule has 0 aliphatic rings. The number of nitrogens with zero attached hydrogens (tertiary/aromatic N) is 2. The number of anilines is 1. The summed E-state index contributed by atoms with van der Waals surface area (Å²) in [6.45, 7) is 0. The number of halogens is 1. The fraction of sp³-hybridized carbons (Fsp3) is 0.0417. The number of H-pyrrole nitrogens is 1. The van der Waals surface area contributed by atoms with Crippen LogP contribution in [0.15, 0.2) is 82.6 Å². The summed E-state index contributed by atoms with van der Waals surface area (Å²) >= 11 is 1.60. The number of thioether (sulfide) groups is 1. The van der Waals surface area contributed by atoms with Crippen LogP contribution >= 0.6 is 11.8 Å². The van der Waals surface area contributed by atoms with Crippen molar-refractivity contribution in [3.63, 3.8) is 0 Å². The molecule has 3 aromatic carbocycles. The Kier molecular flexibility index (Phi) is 4.99. The van der Waals surface area contributed by atoms with Gasteiger partial charge in [-0.05, 0) is 66.9 Å². The van der Waals surface area contributed by atoms with Crippen molar-refractivity contribution < 1.29 is 9.18 Å². The number of aromatic nitrogens is 3. The van der Waals surface area contributed by atoms with E-state index in [1.165, 1.54) is 35.1 Å². The first-order valence-corrected chi connectivity index (χ1v) is 11.0. The maximum absolute atomic E-state index is 13.3. The maximum Gasteiger partial charge on any atom is 0.280 e. The molecule has 0 aliphatic carbocycles. The molecule has 6 nitrogen and oxygen atoms in total. The van der Waals surface area contributed by atoms with Gasteiger partial charge in [0.1, 0.15) is 5.82 Å². The SMILES string of the molecule is CSc1cccc(NC(=O)c2ccc3ncc4c(=O)n(-c5ccc(F)cc5)[nH]c4c3c2)c1. The van der Waals surface area contributed by atoms with Crippen LogP contribution in [-0.2, 0) is 0 Å². The molecule has 0 saturated carbocycles. The van der Waals surface area contributed by atoms with Crippen molar-refractivity contribution in [3.8, 4) is 5.69 Å². The van der Waals surface area contributed by atoms with Crippen molar-refractivity contribution in [1.82, 2.24) is 14.8 Å². The zero-order valence-electron chi connectivity index (χ0n) is 16.9. The normalized spacial score (nSPS) is 11.2. The van der Waals surface area contributed by atoms with Gasteiger partial charge in [-0.15, -0.1) is 11.8 Å². The molecule has 1 amide bonds. The van der Waals surface area contributed by atoms with E-state index in [4.69, 9.17) is 0 Å². The number of pyridine rings is 1. The van der Waals surface area contributed by atoms with Crippen LogP contribution in [-0.4, -0.2) is 26.9 Å². The highest BCUT2D eigenvalue weighted by molar-refractivity contribution is 7.98. The van der Waals surface area contributed by atoms with Gasteiger partial charge in [-0.1, -0.05) is 6.07 Å². The van der Waals surface area contributed by atoms with Gasteiger partial charge >= 0.3 is 0 Å². The van der Waals surface area contributed by atoms with E-state index in [0.29, 0.717) is 38.7 Å². The van der Waals surface area contributed by atoms with E-state index < -0.39 is 0 Å². The molecular formula is C24H17FN4O2S. The Labute approximate surface area is 186 Å². The molecule has 5 aromatic rings. The van der Waals surface area contributed by atoms with E-state index in [1.807, 2.05) is 30.5 Å². The van der Waals surface area contributed by atoms with Gasteiger partial charge in [0.25, 0.3) is 11.5 Å². The van der Waals surface area contributed by atoms with Crippen LogP contribution in [0.4, 0.5) is 10.1 Å². The third-order valence-electron chi connectivity index (χ3n) is 5.20. The quantitative estimate of drug-likeness (QED) is 0.383. The van der Waals surface area contributed by atoms with E-state index in [9.17, 15) is 14.0 Å². The Morgan fingerprint density at radius 3 is 2.66 bits per heavy atom. The number of hydrogen-bond donors (Lipinski definition) is 2. The summed E-state index contributed by atoms with van der Waals surface area (Å²) in [6, 6.07) is 18.4. The molecular weight excluding hydrogens is 427 g/mol. The predicted molar refractivity (Wildman–Crippen MR) is 125 cm³/mol. The van der Waals surface area contributed by atoms with Crippen LogP contribution in [0, 0.1) is 5.82 Å². The van der Waals surface area contributed by atoms with Gasteiger partial charge in [-0.2, -0.15) is 0 Å². The molecule has 0 aliphatic heterocycles. The smallest absolute Gasteiger partial charge is 0.280 e. The number of carbonyl (C=O) groups is 1. The minimum atomic E-state index is -0.385. The predicted octanol–water partition coefficient (Wildman–Crippen LogP) is 4.98. The summed E-state index contributed by atoms with van der Waals surface area (Å²) in [5, 5.41) is 7.01. The second-order valence-electron chi connectivity index (χ2n) is 7.19. The topological polar surface area (TPSA) is 79.8 Å². The zero-order valence-corrected chi connectivity index (χ0v) is 17.7. The highest BCUT2D eigenvalue weighted by Gasteiger charge is 2.14. The molecule has 0 bridgehead atoms. The van der Waals surface area contributed by atoms with Crippen LogP contribution in [0.1, 0.15) is 10.4 Å². The molecule has 32 heavy (non-hydrogen) atoms. The van der Waals surface area contributed by atoms with Gasteiger partial charge in [0.05, 0.1) is 22.1 Å². The average Bonchev–Trinajstić information content (AvgIpc) is 3.16. The number of fused-ring (bicyclic) bond motifs is 3. The first-order chi connectivity index (χ1) is 15.5. The molecule has 0 fully saturated rings. The number of nitrogens with one attached hydrogen (secondary N) is 2. The van der Waals surface area contributed by atoms with E-state index in [0.717, 1.165) is 4.90 Å². The van der Waals surface area contributed by atoms with Crippen LogP contribution in [0.2, 0.25) is 0 Å². The lowest BCUT2D eigenvalue weighted by Gasteiger charge is -2.08. The van der Waals surface area contributed by atoms with Crippen molar-refractivity contribution in [2.75, 3.05) is 11.6 Å². The Balaban J connectivity index is 1.58. The van der Waals surface area contributed by atoms with E-state index >= 15 is 0 Å². The first-order valence-electron chi connectivity index (χ1n) is 9.78. The lowest BCUT2D eigenvalue weighted by atomic mass is 10.1. The minimum Gasteiger partial charge on any atom is -0.322 e. The molecule has 0 atom stereocenters. The monoisotopic (exact) mass is 444 g/mol. The third kappa shape index (κ3) is 3.54. The number of carbonyl (C=O) groups excluding carboxylic acids is 1. The van der Waals surface area contributed by atoms with Crippen molar-refractivity contribution in [2.45, 2.75) is 4.90 Å². The van der Waals surface area contributed by atoms with Gasteiger partial charge in [0.2, 0.25) is 0 Å². The lowest BCUT2D eigenvalue weighted by molar-refractivity contribution is 0.102. The minimum absolute atomic E-state index is 0.262. The highest BCUT2D eigenvalue weighted by Crippen LogP contribution is 2.24. The molecule has 158 valence electrons. The highest BCUT2D eigenvalue weighted by atomic mass is 32.2. The average molecular weight is 444 g/mol. The molecule has 0 spiro atoms. The molecule has 2 N–H and O–H groups in total. The Bertz CT molecular complexity index is 1540. The van der Waals surface area contributed by atoms with E-state index in [-0.39, 0.29) is 17.3 Å². The number of amides is 1. The van der Waals surface area contributed by atoms with E-state index in [2.05, 4.69) is 15.4 Å². The fourth-order valence-electron chi connectivity index (χ4n) is 3.58. The van der Waals surface area contributed by atoms with Gasteiger partial charge in [0, 0.05) is 27.7 Å². The Hall–Kier alpha value is -3.91. The Morgan fingerprint density at radius 2 is 1.88 bits per heavy atom. The van der Waals surface area contributed by atoms with Crippen LogP contribution < -0.4 is 10.9 Å². The van der Waals surface area contributed by atoms with Crippen molar-refractivity contribution >= 4 is 45.2 Å². The van der Waals surface area contributed by atoms with Crippen LogP contribution in [0.3, 0.4) is 0 Å². The van der Waals surface area contributed by atoms with Gasteiger partial charge in [-0.25, -0.2) is 9.07 Å². The molecule has 2 heterocycles. The largest absolute Gasteiger partial charge is 0.322 e. The lowest BCUT2D eigenvalue weighted by Crippen LogP contribution is -2.14. The Morgan fingerprint density at radius 1 is 1.06 bits per heavy atom. The van der Waals surface area contributed by atoms with Gasteiger partial charge in [0.15, 0.2) is 0 Å². The molecule has 5 rings (SSSR count). The molecule has 0 unspecified atom stereocenters. The standard InChI is InChI=1S/C24H17FN4O2S/c1-32-18-4-2-3-16(12-18)27-23(30)14-5-10-21-19(11-14)22-20(13-26-21)24(31)29(28-22)17-8-6-15(25)7-9-17/h2-13,28H,1H3,(H,27,30). The number of hydrogen-bond acceptors (Lipinski definition) is 4. The van der Waals surface area contributed by atoms with Crippen molar-refractivity contribution in [2.24, 2.45) is 0 Å². The summed E-state index contributed by atoms with van der Waals surface area (Å²) in [4.78, 5) is 31.2. The van der Waals surface area contributed by atoms with Gasteiger partial charge < -0.3 is 5.32 Å². The summed E-state index contributed by atoms with van der Waals surface area (Å²) < 4.78 is 14.6. The summed E-state index contributed by atoms with van der Waals surface area (Å²) in [5.74, 6) is -0.647. The van der Waals surface area contributed by atoms with E-state index in [1.54, 1.807) is 30.0 Å². The first kappa shape index (κ1) is 20.0. The van der Waals surface area contributed by atoms with Gasteiger partial charge in [-0.3, -0.25) is 19.7 Å². The van der Waals surface area contributed by atoms with Crippen molar-refractivity contribution in [3.05, 3.63) is 94.7 Å². The summed E-state index contributed by atoms with van der Waals surface area (Å²) in [7, 11) is 0. The van der Waals surface area contributed by atoms with Crippen LogP contribution in [0.5, 0.6) is 0 Å². The van der Waals surface area contributed by atoms with Crippen molar-refractivity contribution in [1.29, 1.82) is 0 Å². The number of rotatable bonds is 4. The zero-order chi connectivity index (χ0) is 22.2. The number of benzene rings is 3. The second-order valence-corrected chi connectivity index (χ2v) is 8.07. The summed E-state index contributed by atoms with van der Waals surface area (Å²) in [6.07, 6.45) is 3.48.